The van der Waals surface area contributed by atoms with Crippen molar-refractivity contribution in [2.75, 3.05) is 18.5 Å². The first kappa shape index (κ1) is 14.6. The molecule has 0 aliphatic carbocycles. The number of morpholine rings is 1. The molecule has 1 fully saturated rings. The number of phenolic OH excluding ortho intramolecular Hbond substituents is 1. The summed E-state index contributed by atoms with van der Waals surface area (Å²) >= 11 is 9.39. The highest BCUT2D eigenvalue weighted by molar-refractivity contribution is 9.09. The Morgan fingerprint density at radius 3 is 3.05 bits per heavy atom. The third-order valence-corrected chi connectivity index (χ3v) is 4.17. The van der Waals surface area contributed by atoms with Crippen LogP contribution in [0.15, 0.2) is 18.2 Å². The van der Waals surface area contributed by atoms with Crippen LogP contribution >= 0.6 is 27.5 Å². The molecule has 1 amide bonds. The van der Waals surface area contributed by atoms with E-state index in [0.717, 1.165) is 0 Å². The van der Waals surface area contributed by atoms with E-state index in [1.807, 2.05) is 6.92 Å². The number of aromatic hydroxyl groups is 1. The number of phenols is 1. The number of amides is 1. The lowest BCUT2D eigenvalue weighted by atomic mass is 10.1. The van der Waals surface area contributed by atoms with Crippen LogP contribution in [-0.4, -0.2) is 46.5 Å². The van der Waals surface area contributed by atoms with Gasteiger partial charge in [0.15, 0.2) is 0 Å². The van der Waals surface area contributed by atoms with Gasteiger partial charge < -0.3 is 14.7 Å². The summed E-state index contributed by atoms with van der Waals surface area (Å²) < 4.78 is 5.59. The Hall–Kier alpha value is -0.780. The number of rotatable bonds is 2. The molecule has 0 radical (unpaired) electrons. The SMILES string of the molecule is CC1COC(CBr)CN1C(=O)c1cc(O)ccc1Cl. The second-order valence-electron chi connectivity index (χ2n) is 4.58. The molecule has 0 spiro atoms. The summed E-state index contributed by atoms with van der Waals surface area (Å²) in [5, 5.41) is 10.5. The Morgan fingerprint density at radius 2 is 2.37 bits per heavy atom. The van der Waals surface area contributed by atoms with Crippen molar-refractivity contribution in [2.24, 2.45) is 0 Å². The molecular formula is C13H15BrClNO3. The van der Waals surface area contributed by atoms with E-state index in [1.54, 1.807) is 4.90 Å². The van der Waals surface area contributed by atoms with Crippen LogP contribution in [0.1, 0.15) is 17.3 Å². The van der Waals surface area contributed by atoms with Crippen molar-refractivity contribution in [2.45, 2.75) is 19.1 Å². The molecule has 19 heavy (non-hydrogen) atoms. The molecule has 2 unspecified atom stereocenters. The number of carbonyl (C=O) groups is 1. The molecule has 1 N–H and O–H groups in total. The monoisotopic (exact) mass is 347 g/mol. The van der Waals surface area contributed by atoms with Gasteiger partial charge in [-0.25, -0.2) is 0 Å². The molecule has 1 heterocycles. The van der Waals surface area contributed by atoms with Crippen molar-refractivity contribution in [3.63, 3.8) is 0 Å². The standard InChI is InChI=1S/C13H15BrClNO3/c1-8-7-19-10(5-14)6-16(8)13(18)11-4-9(17)2-3-12(11)15/h2-4,8,10,17H,5-7H2,1H3. The first-order valence-corrected chi connectivity index (χ1v) is 7.50. The zero-order valence-corrected chi connectivity index (χ0v) is 12.8. The number of halogens is 2. The Morgan fingerprint density at radius 1 is 1.63 bits per heavy atom. The number of ether oxygens (including phenoxy) is 1. The van der Waals surface area contributed by atoms with E-state index in [9.17, 15) is 9.90 Å². The maximum absolute atomic E-state index is 12.5. The summed E-state index contributed by atoms with van der Waals surface area (Å²) in [7, 11) is 0. The zero-order valence-electron chi connectivity index (χ0n) is 10.5. The lowest BCUT2D eigenvalue weighted by Gasteiger charge is -2.37. The van der Waals surface area contributed by atoms with Gasteiger partial charge in [0.1, 0.15) is 5.75 Å². The summed E-state index contributed by atoms with van der Waals surface area (Å²) in [5.41, 5.74) is 0.323. The summed E-state index contributed by atoms with van der Waals surface area (Å²) in [6.45, 7) is 2.94. The number of nitrogens with zero attached hydrogens (tertiary/aromatic N) is 1. The molecule has 104 valence electrons. The molecule has 0 aromatic heterocycles. The molecule has 0 bridgehead atoms. The van der Waals surface area contributed by atoms with Crippen molar-refractivity contribution in [3.8, 4) is 5.75 Å². The third-order valence-electron chi connectivity index (χ3n) is 3.12. The summed E-state index contributed by atoms with van der Waals surface area (Å²) in [6, 6.07) is 4.37. The molecule has 2 rings (SSSR count). The van der Waals surface area contributed by atoms with Gasteiger partial charge >= 0.3 is 0 Å². The molecule has 2 atom stereocenters. The fourth-order valence-electron chi connectivity index (χ4n) is 2.03. The van der Waals surface area contributed by atoms with Crippen LogP contribution in [0.3, 0.4) is 0 Å². The Kier molecular flexibility index (Phi) is 4.71. The van der Waals surface area contributed by atoms with Gasteiger partial charge in [0.05, 0.1) is 29.3 Å². The van der Waals surface area contributed by atoms with Gasteiger partial charge in [0.25, 0.3) is 5.91 Å². The van der Waals surface area contributed by atoms with Crippen LogP contribution in [0, 0.1) is 0 Å². The Bertz CT molecular complexity index is 483. The van der Waals surface area contributed by atoms with Gasteiger partial charge in [-0.2, -0.15) is 0 Å². The number of benzene rings is 1. The minimum Gasteiger partial charge on any atom is -0.508 e. The molecule has 1 aliphatic heterocycles. The topological polar surface area (TPSA) is 49.8 Å². The quantitative estimate of drug-likeness (QED) is 0.836. The summed E-state index contributed by atoms with van der Waals surface area (Å²) in [6.07, 6.45) is -0.0174. The van der Waals surface area contributed by atoms with E-state index in [4.69, 9.17) is 16.3 Å². The van der Waals surface area contributed by atoms with Crippen molar-refractivity contribution in [1.29, 1.82) is 0 Å². The highest BCUT2D eigenvalue weighted by atomic mass is 79.9. The molecular weight excluding hydrogens is 334 g/mol. The van der Waals surface area contributed by atoms with Crippen molar-refractivity contribution < 1.29 is 14.6 Å². The molecule has 1 aromatic rings. The van der Waals surface area contributed by atoms with Crippen molar-refractivity contribution in [1.82, 2.24) is 4.90 Å². The number of hydrogen-bond donors (Lipinski definition) is 1. The van der Waals surface area contributed by atoms with Crippen molar-refractivity contribution >= 4 is 33.4 Å². The summed E-state index contributed by atoms with van der Waals surface area (Å²) in [5.74, 6) is -0.145. The minimum atomic E-state index is -0.178. The largest absolute Gasteiger partial charge is 0.508 e. The van der Waals surface area contributed by atoms with Gasteiger partial charge in [-0.1, -0.05) is 27.5 Å². The number of hydrogen-bond acceptors (Lipinski definition) is 3. The highest BCUT2D eigenvalue weighted by Crippen LogP contribution is 2.25. The molecule has 1 aromatic carbocycles. The minimum absolute atomic E-state index is 0.0128. The average Bonchev–Trinajstić information content (AvgIpc) is 2.41. The Labute approximate surface area is 125 Å². The van der Waals surface area contributed by atoms with Gasteiger partial charge in [-0.15, -0.1) is 0 Å². The van der Waals surface area contributed by atoms with Crippen molar-refractivity contribution in [3.05, 3.63) is 28.8 Å². The first-order valence-electron chi connectivity index (χ1n) is 6.00. The second-order valence-corrected chi connectivity index (χ2v) is 5.64. The van der Waals surface area contributed by atoms with Crippen LogP contribution in [-0.2, 0) is 4.74 Å². The number of carbonyl (C=O) groups excluding carboxylic acids is 1. The molecule has 1 saturated heterocycles. The Balaban J connectivity index is 2.24. The van der Waals surface area contributed by atoms with Gasteiger partial charge in [-0.05, 0) is 25.1 Å². The van der Waals surface area contributed by atoms with E-state index in [-0.39, 0.29) is 23.8 Å². The smallest absolute Gasteiger partial charge is 0.255 e. The van der Waals surface area contributed by atoms with Crippen LogP contribution in [0.25, 0.3) is 0 Å². The molecule has 6 heteroatoms. The maximum Gasteiger partial charge on any atom is 0.255 e. The molecule has 4 nitrogen and oxygen atoms in total. The van der Waals surface area contributed by atoms with E-state index < -0.39 is 0 Å². The normalized spacial score (nSPS) is 23.4. The highest BCUT2D eigenvalue weighted by Gasteiger charge is 2.30. The fraction of sp³-hybridized carbons (Fsp3) is 0.462. The van der Waals surface area contributed by atoms with E-state index >= 15 is 0 Å². The van der Waals surface area contributed by atoms with Crippen LogP contribution < -0.4 is 0 Å². The lowest BCUT2D eigenvalue weighted by molar-refractivity contribution is -0.0361. The molecule has 1 aliphatic rings. The van der Waals surface area contributed by atoms with Gasteiger partial charge in [0, 0.05) is 11.9 Å². The zero-order chi connectivity index (χ0) is 14.0. The van der Waals surface area contributed by atoms with Crippen LogP contribution in [0.2, 0.25) is 5.02 Å². The van der Waals surface area contributed by atoms with Crippen LogP contribution in [0.5, 0.6) is 5.75 Å². The van der Waals surface area contributed by atoms with E-state index in [1.165, 1.54) is 18.2 Å². The lowest BCUT2D eigenvalue weighted by Crippen LogP contribution is -2.51. The summed E-state index contributed by atoms with van der Waals surface area (Å²) in [4.78, 5) is 14.2. The molecule has 0 saturated carbocycles. The van der Waals surface area contributed by atoms with Gasteiger partial charge in [0.2, 0.25) is 0 Å². The van der Waals surface area contributed by atoms with Crippen LogP contribution in [0.4, 0.5) is 0 Å². The van der Waals surface area contributed by atoms with E-state index in [0.29, 0.717) is 29.1 Å². The van der Waals surface area contributed by atoms with E-state index in [2.05, 4.69) is 15.9 Å². The first-order chi connectivity index (χ1) is 9.02. The predicted molar refractivity (Wildman–Crippen MR) is 77.1 cm³/mol. The maximum atomic E-state index is 12.5. The third kappa shape index (κ3) is 3.22. The van der Waals surface area contributed by atoms with Gasteiger partial charge in [-0.3, -0.25) is 4.79 Å². The predicted octanol–water partition coefficient (Wildman–Crippen LogP) is 2.67. The second kappa shape index (κ2) is 6.11. The number of alkyl halides is 1. The average molecular weight is 349 g/mol. The fourth-order valence-corrected chi connectivity index (χ4v) is 2.62.